The molecule has 1 heterocycles. The number of imide groups is 1. The summed E-state index contributed by atoms with van der Waals surface area (Å²) in [4.78, 5) is 34.4. The molecule has 0 aliphatic carbocycles. The third-order valence-corrected chi connectivity index (χ3v) is 1.87. The van der Waals surface area contributed by atoms with Crippen molar-refractivity contribution in [1.29, 1.82) is 0 Å². The van der Waals surface area contributed by atoms with E-state index in [0.29, 0.717) is 13.0 Å². The predicted octanol–water partition coefficient (Wildman–Crippen LogP) is -0.215. The molecule has 1 N–H and O–H groups in total. The molecule has 0 spiro atoms. The summed E-state index contributed by atoms with van der Waals surface area (Å²) < 4.78 is 0. The summed E-state index contributed by atoms with van der Waals surface area (Å²) in [7, 11) is 0. The monoisotopic (exact) mass is 196 g/mol. The number of nitrogens with one attached hydrogen (secondary N) is 1. The largest absolute Gasteiger partial charge is 0.322 e. The molecule has 1 aliphatic heterocycles. The minimum atomic E-state index is -0.432. The first-order valence-corrected chi connectivity index (χ1v) is 4.32. The van der Waals surface area contributed by atoms with Gasteiger partial charge >= 0.3 is 0 Å². The van der Waals surface area contributed by atoms with E-state index in [1.54, 1.807) is 6.08 Å². The second-order valence-electron chi connectivity index (χ2n) is 3.06. The maximum absolute atomic E-state index is 11.5. The van der Waals surface area contributed by atoms with Crippen LogP contribution in [0.15, 0.2) is 11.8 Å². The first-order valence-electron chi connectivity index (χ1n) is 4.32. The first-order chi connectivity index (χ1) is 6.52. The molecule has 14 heavy (non-hydrogen) atoms. The maximum atomic E-state index is 11.5. The van der Waals surface area contributed by atoms with E-state index in [1.165, 1.54) is 13.8 Å². The highest BCUT2D eigenvalue weighted by Crippen LogP contribution is 2.09. The van der Waals surface area contributed by atoms with Gasteiger partial charge in [-0.3, -0.25) is 19.3 Å². The predicted molar refractivity (Wildman–Crippen MR) is 48.9 cm³/mol. The number of rotatable bonds is 1. The van der Waals surface area contributed by atoms with Crippen LogP contribution < -0.4 is 5.32 Å². The van der Waals surface area contributed by atoms with E-state index in [0.717, 1.165) is 4.90 Å². The highest BCUT2D eigenvalue weighted by Gasteiger charge is 2.25. The molecule has 1 aliphatic rings. The van der Waals surface area contributed by atoms with Crippen molar-refractivity contribution < 1.29 is 14.4 Å². The minimum absolute atomic E-state index is 0.193. The quantitative estimate of drug-likeness (QED) is 0.630. The summed E-state index contributed by atoms with van der Waals surface area (Å²) >= 11 is 0. The normalized spacial score (nSPS) is 16.3. The lowest BCUT2D eigenvalue weighted by atomic mass is 10.2. The Balaban J connectivity index is 2.79. The molecule has 5 heteroatoms. The van der Waals surface area contributed by atoms with Crippen molar-refractivity contribution in [2.75, 3.05) is 6.54 Å². The van der Waals surface area contributed by atoms with Crippen LogP contribution >= 0.6 is 0 Å². The Hall–Kier alpha value is -1.65. The molecule has 0 saturated heterocycles. The molecule has 0 unspecified atom stereocenters. The van der Waals surface area contributed by atoms with E-state index in [2.05, 4.69) is 5.32 Å². The van der Waals surface area contributed by atoms with Crippen molar-refractivity contribution >= 4 is 17.7 Å². The highest BCUT2D eigenvalue weighted by atomic mass is 16.2. The highest BCUT2D eigenvalue weighted by molar-refractivity contribution is 6.05. The van der Waals surface area contributed by atoms with Gasteiger partial charge in [0.1, 0.15) is 5.70 Å². The smallest absolute Gasteiger partial charge is 0.276 e. The van der Waals surface area contributed by atoms with Crippen LogP contribution in [0.2, 0.25) is 0 Å². The Labute approximate surface area is 81.8 Å². The standard InChI is InChI=1S/C9H12N2O3/c1-6(12)10-8-4-3-5-11(7(2)13)9(8)14/h4H,3,5H2,1-2H3,(H,10,12). The van der Waals surface area contributed by atoms with E-state index in [4.69, 9.17) is 0 Å². The molecule has 5 nitrogen and oxygen atoms in total. The molecule has 0 bridgehead atoms. The summed E-state index contributed by atoms with van der Waals surface area (Å²) in [6, 6.07) is 0. The third-order valence-electron chi connectivity index (χ3n) is 1.87. The number of carbonyl (C=O) groups excluding carboxylic acids is 3. The Kier molecular flexibility index (Phi) is 3.01. The second kappa shape index (κ2) is 4.04. The van der Waals surface area contributed by atoms with Gasteiger partial charge in [0, 0.05) is 20.4 Å². The molecule has 0 saturated carbocycles. The summed E-state index contributed by atoms with van der Waals surface area (Å²) in [5.74, 6) is -1.04. The van der Waals surface area contributed by atoms with Gasteiger partial charge in [-0.25, -0.2) is 0 Å². The molecule has 76 valence electrons. The zero-order valence-corrected chi connectivity index (χ0v) is 8.16. The molecule has 0 aromatic carbocycles. The number of hydrogen-bond donors (Lipinski definition) is 1. The van der Waals surface area contributed by atoms with E-state index in [1.807, 2.05) is 0 Å². The van der Waals surface area contributed by atoms with Crippen LogP contribution in [0.4, 0.5) is 0 Å². The fourth-order valence-electron chi connectivity index (χ4n) is 1.27. The molecule has 0 radical (unpaired) electrons. The summed E-state index contributed by atoms with van der Waals surface area (Å²) in [6.07, 6.45) is 2.21. The Morgan fingerprint density at radius 2 is 2.07 bits per heavy atom. The van der Waals surface area contributed by atoms with Crippen LogP contribution in [0.5, 0.6) is 0 Å². The summed E-state index contributed by atoms with van der Waals surface area (Å²) in [6.45, 7) is 3.03. The van der Waals surface area contributed by atoms with Crippen molar-refractivity contribution in [3.8, 4) is 0 Å². The lowest BCUT2D eigenvalue weighted by Crippen LogP contribution is -2.43. The Bertz CT molecular complexity index is 320. The number of nitrogens with zero attached hydrogens (tertiary/aromatic N) is 1. The van der Waals surface area contributed by atoms with Crippen LogP contribution in [-0.2, 0) is 14.4 Å². The van der Waals surface area contributed by atoms with Gasteiger partial charge in [0.2, 0.25) is 11.8 Å². The number of carbonyl (C=O) groups is 3. The number of amides is 3. The molecular weight excluding hydrogens is 184 g/mol. The van der Waals surface area contributed by atoms with Crippen molar-refractivity contribution in [2.24, 2.45) is 0 Å². The third kappa shape index (κ3) is 2.18. The average Bonchev–Trinajstić information content (AvgIpc) is 2.07. The van der Waals surface area contributed by atoms with Crippen LogP contribution in [0.3, 0.4) is 0 Å². The van der Waals surface area contributed by atoms with Crippen molar-refractivity contribution in [1.82, 2.24) is 10.2 Å². The van der Waals surface area contributed by atoms with Gasteiger partial charge in [-0.2, -0.15) is 0 Å². The molecule has 0 fully saturated rings. The Morgan fingerprint density at radius 1 is 1.43 bits per heavy atom. The van der Waals surface area contributed by atoms with E-state index in [9.17, 15) is 14.4 Å². The van der Waals surface area contributed by atoms with Crippen molar-refractivity contribution in [3.05, 3.63) is 11.8 Å². The second-order valence-corrected chi connectivity index (χ2v) is 3.06. The van der Waals surface area contributed by atoms with Gasteiger partial charge in [0.15, 0.2) is 0 Å². The molecule has 0 aromatic heterocycles. The van der Waals surface area contributed by atoms with Crippen LogP contribution in [-0.4, -0.2) is 29.2 Å². The zero-order valence-electron chi connectivity index (χ0n) is 8.16. The molecule has 3 amide bonds. The molecule has 0 aromatic rings. The Morgan fingerprint density at radius 3 is 2.57 bits per heavy atom. The number of hydrogen-bond acceptors (Lipinski definition) is 3. The van der Waals surface area contributed by atoms with Crippen molar-refractivity contribution in [3.63, 3.8) is 0 Å². The van der Waals surface area contributed by atoms with Gasteiger partial charge in [0.25, 0.3) is 5.91 Å². The van der Waals surface area contributed by atoms with Crippen LogP contribution in [0.1, 0.15) is 20.3 Å². The van der Waals surface area contributed by atoms with E-state index >= 15 is 0 Å². The lowest BCUT2D eigenvalue weighted by Gasteiger charge is -2.23. The molecule has 1 rings (SSSR count). The average molecular weight is 196 g/mol. The topological polar surface area (TPSA) is 66.5 Å². The lowest BCUT2D eigenvalue weighted by molar-refractivity contribution is -0.142. The van der Waals surface area contributed by atoms with E-state index in [-0.39, 0.29) is 17.5 Å². The molecule has 0 atom stereocenters. The van der Waals surface area contributed by atoms with Gasteiger partial charge in [-0.15, -0.1) is 0 Å². The van der Waals surface area contributed by atoms with Crippen molar-refractivity contribution in [2.45, 2.75) is 20.3 Å². The molecular formula is C9H12N2O3. The van der Waals surface area contributed by atoms with Gasteiger partial charge in [0.05, 0.1) is 0 Å². The zero-order chi connectivity index (χ0) is 10.7. The summed E-state index contributed by atoms with van der Waals surface area (Å²) in [5.41, 5.74) is 0.193. The van der Waals surface area contributed by atoms with Gasteiger partial charge < -0.3 is 5.32 Å². The minimum Gasteiger partial charge on any atom is -0.322 e. The van der Waals surface area contributed by atoms with E-state index < -0.39 is 5.91 Å². The first kappa shape index (κ1) is 10.4. The van der Waals surface area contributed by atoms with Crippen LogP contribution in [0.25, 0.3) is 0 Å². The summed E-state index contributed by atoms with van der Waals surface area (Å²) in [5, 5.41) is 2.40. The maximum Gasteiger partial charge on any atom is 0.276 e. The van der Waals surface area contributed by atoms with Gasteiger partial charge in [-0.05, 0) is 6.42 Å². The SMILES string of the molecule is CC(=O)NC1=CCCN(C(C)=O)C1=O. The van der Waals surface area contributed by atoms with Gasteiger partial charge in [-0.1, -0.05) is 6.08 Å². The fraction of sp³-hybridized carbons (Fsp3) is 0.444. The van der Waals surface area contributed by atoms with Crippen LogP contribution in [0, 0.1) is 0 Å². The fourth-order valence-corrected chi connectivity index (χ4v) is 1.27.